The molecule has 0 fully saturated rings. The second-order valence-electron chi connectivity index (χ2n) is 2.90. The van der Waals surface area contributed by atoms with Gasteiger partial charge in [-0.05, 0) is 23.7 Å². The third-order valence-corrected chi connectivity index (χ3v) is 2.13. The van der Waals surface area contributed by atoms with Crippen LogP contribution < -0.4 is 0 Å². The number of hydrogen-bond donors (Lipinski definition) is 0. The monoisotopic (exact) mass is 207 g/mol. The van der Waals surface area contributed by atoms with Crippen LogP contribution in [0.1, 0.15) is 12.7 Å². The summed E-state index contributed by atoms with van der Waals surface area (Å²) in [4.78, 5) is 4.12. The van der Waals surface area contributed by atoms with Gasteiger partial charge in [-0.25, -0.2) is 9.67 Å². The van der Waals surface area contributed by atoms with E-state index >= 15 is 0 Å². The minimum atomic E-state index is 0.297. The highest BCUT2D eigenvalue weighted by Crippen LogP contribution is 2.12. The molecule has 2 rings (SSSR count). The first-order valence-electron chi connectivity index (χ1n) is 4.48. The molecule has 0 atom stereocenters. The first kappa shape index (κ1) is 9.21. The van der Waals surface area contributed by atoms with Crippen LogP contribution in [-0.4, -0.2) is 14.8 Å². The van der Waals surface area contributed by atoms with Gasteiger partial charge in [0.1, 0.15) is 5.82 Å². The first-order chi connectivity index (χ1) is 6.81. The van der Waals surface area contributed by atoms with Gasteiger partial charge in [0.25, 0.3) is 0 Å². The molecule has 14 heavy (non-hydrogen) atoms. The van der Waals surface area contributed by atoms with Gasteiger partial charge in [0, 0.05) is 6.42 Å². The first-order valence-corrected chi connectivity index (χ1v) is 4.86. The Kier molecular flexibility index (Phi) is 2.50. The van der Waals surface area contributed by atoms with E-state index < -0.39 is 0 Å². The molecular formula is C10H10ClN3. The summed E-state index contributed by atoms with van der Waals surface area (Å²) < 4.78 is 1.77. The lowest BCUT2D eigenvalue weighted by atomic mass is 10.3. The molecule has 0 unspecified atom stereocenters. The lowest BCUT2D eigenvalue weighted by Crippen LogP contribution is -2.01. The van der Waals surface area contributed by atoms with Gasteiger partial charge in [-0.2, -0.15) is 0 Å². The summed E-state index contributed by atoms with van der Waals surface area (Å²) >= 11 is 5.75. The Labute approximate surface area is 87.3 Å². The van der Waals surface area contributed by atoms with E-state index in [0.717, 1.165) is 17.9 Å². The van der Waals surface area contributed by atoms with E-state index in [1.54, 1.807) is 4.68 Å². The molecule has 1 heterocycles. The molecule has 72 valence electrons. The van der Waals surface area contributed by atoms with E-state index in [2.05, 4.69) is 10.1 Å². The summed E-state index contributed by atoms with van der Waals surface area (Å²) in [6.07, 6.45) is 0.814. The molecule has 3 nitrogen and oxygen atoms in total. The van der Waals surface area contributed by atoms with Crippen molar-refractivity contribution >= 4 is 11.6 Å². The number of halogens is 1. The number of nitrogens with zero attached hydrogens (tertiary/aromatic N) is 3. The predicted molar refractivity (Wildman–Crippen MR) is 55.7 cm³/mol. The van der Waals surface area contributed by atoms with E-state index in [-0.39, 0.29) is 0 Å². The minimum absolute atomic E-state index is 0.297. The van der Waals surface area contributed by atoms with Crippen LogP contribution in [0.15, 0.2) is 30.3 Å². The summed E-state index contributed by atoms with van der Waals surface area (Å²) in [6, 6.07) is 9.84. The van der Waals surface area contributed by atoms with Crippen LogP contribution in [0.5, 0.6) is 0 Å². The van der Waals surface area contributed by atoms with Crippen molar-refractivity contribution in [3.05, 3.63) is 41.4 Å². The molecule has 0 amide bonds. The Balaban J connectivity index is 2.51. The van der Waals surface area contributed by atoms with E-state index in [9.17, 15) is 0 Å². The molecule has 0 aliphatic heterocycles. The average Bonchev–Trinajstić information content (AvgIpc) is 2.61. The largest absolute Gasteiger partial charge is 0.243 e. The van der Waals surface area contributed by atoms with E-state index in [4.69, 9.17) is 11.6 Å². The fourth-order valence-corrected chi connectivity index (χ4v) is 1.49. The molecule has 0 saturated heterocycles. The predicted octanol–water partition coefficient (Wildman–Crippen LogP) is 2.48. The topological polar surface area (TPSA) is 30.7 Å². The van der Waals surface area contributed by atoms with Crippen molar-refractivity contribution in [3.8, 4) is 5.69 Å². The molecule has 1 aromatic carbocycles. The van der Waals surface area contributed by atoms with Crippen LogP contribution in [0.4, 0.5) is 0 Å². The maximum absolute atomic E-state index is 5.75. The third-order valence-electron chi connectivity index (χ3n) is 1.97. The van der Waals surface area contributed by atoms with Gasteiger partial charge in [-0.3, -0.25) is 0 Å². The number of aryl methyl sites for hydroxylation is 1. The van der Waals surface area contributed by atoms with Gasteiger partial charge in [0.2, 0.25) is 5.28 Å². The molecular weight excluding hydrogens is 198 g/mol. The summed E-state index contributed by atoms with van der Waals surface area (Å²) in [7, 11) is 0. The molecule has 1 aromatic heterocycles. The Morgan fingerprint density at radius 2 is 2.00 bits per heavy atom. The van der Waals surface area contributed by atoms with Crippen LogP contribution >= 0.6 is 11.6 Å². The number of para-hydroxylation sites is 1. The molecule has 0 aliphatic carbocycles. The van der Waals surface area contributed by atoms with Crippen molar-refractivity contribution in [2.24, 2.45) is 0 Å². The molecule has 4 heteroatoms. The Morgan fingerprint density at radius 3 is 2.64 bits per heavy atom. The molecule has 0 N–H and O–H groups in total. The minimum Gasteiger partial charge on any atom is -0.216 e. The zero-order chi connectivity index (χ0) is 9.97. The van der Waals surface area contributed by atoms with Gasteiger partial charge in [-0.1, -0.05) is 25.1 Å². The van der Waals surface area contributed by atoms with Crippen LogP contribution in [0.3, 0.4) is 0 Å². The Bertz CT molecular complexity index is 422. The van der Waals surface area contributed by atoms with E-state index in [1.165, 1.54) is 0 Å². The molecule has 0 bridgehead atoms. The van der Waals surface area contributed by atoms with Crippen LogP contribution in [0.2, 0.25) is 5.28 Å². The van der Waals surface area contributed by atoms with E-state index in [0.29, 0.717) is 5.28 Å². The van der Waals surface area contributed by atoms with E-state index in [1.807, 2.05) is 37.3 Å². The van der Waals surface area contributed by atoms with Crippen molar-refractivity contribution in [2.75, 3.05) is 0 Å². The molecule has 0 aliphatic rings. The molecule has 0 spiro atoms. The average molecular weight is 208 g/mol. The quantitative estimate of drug-likeness (QED) is 0.758. The molecule has 2 aromatic rings. The van der Waals surface area contributed by atoms with Crippen molar-refractivity contribution in [3.63, 3.8) is 0 Å². The standard InChI is InChI=1S/C10H10ClN3/c1-2-9-12-10(11)13-14(9)8-6-4-3-5-7-8/h3-7H,2H2,1H3. The Morgan fingerprint density at radius 1 is 1.29 bits per heavy atom. The summed E-state index contributed by atoms with van der Waals surface area (Å²) in [6.45, 7) is 2.03. The maximum Gasteiger partial charge on any atom is 0.243 e. The second-order valence-corrected chi connectivity index (χ2v) is 3.24. The van der Waals surface area contributed by atoms with Crippen molar-refractivity contribution in [1.82, 2.24) is 14.8 Å². The SMILES string of the molecule is CCc1nc(Cl)nn1-c1ccccc1. The number of benzene rings is 1. The molecule has 0 radical (unpaired) electrons. The number of aromatic nitrogens is 3. The van der Waals surface area contributed by atoms with Gasteiger partial charge < -0.3 is 0 Å². The van der Waals surface area contributed by atoms with Crippen molar-refractivity contribution in [2.45, 2.75) is 13.3 Å². The summed E-state index contributed by atoms with van der Waals surface area (Å²) in [5.41, 5.74) is 0.990. The summed E-state index contributed by atoms with van der Waals surface area (Å²) in [5, 5.41) is 4.42. The fraction of sp³-hybridized carbons (Fsp3) is 0.200. The highest BCUT2D eigenvalue weighted by molar-refractivity contribution is 6.28. The van der Waals surface area contributed by atoms with Gasteiger partial charge in [0.05, 0.1) is 5.69 Å². The van der Waals surface area contributed by atoms with Gasteiger partial charge in [-0.15, -0.1) is 5.10 Å². The van der Waals surface area contributed by atoms with Gasteiger partial charge >= 0.3 is 0 Å². The van der Waals surface area contributed by atoms with Crippen molar-refractivity contribution in [1.29, 1.82) is 0 Å². The highest BCUT2D eigenvalue weighted by Gasteiger charge is 2.07. The normalized spacial score (nSPS) is 10.4. The van der Waals surface area contributed by atoms with Crippen molar-refractivity contribution < 1.29 is 0 Å². The van der Waals surface area contributed by atoms with Gasteiger partial charge in [0.15, 0.2) is 0 Å². The smallest absolute Gasteiger partial charge is 0.216 e. The lowest BCUT2D eigenvalue weighted by molar-refractivity contribution is 0.801. The Hall–Kier alpha value is -1.35. The van der Waals surface area contributed by atoms with Crippen LogP contribution in [0, 0.1) is 0 Å². The van der Waals surface area contributed by atoms with Crippen LogP contribution in [0.25, 0.3) is 5.69 Å². The summed E-state index contributed by atoms with van der Waals surface area (Å²) in [5.74, 6) is 0.876. The third kappa shape index (κ3) is 1.63. The zero-order valence-electron chi connectivity index (χ0n) is 7.81. The zero-order valence-corrected chi connectivity index (χ0v) is 8.57. The number of hydrogen-bond acceptors (Lipinski definition) is 2. The lowest BCUT2D eigenvalue weighted by Gasteiger charge is -2.02. The highest BCUT2D eigenvalue weighted by atomic mass is 35.5. The maximum atomic E-state index is 5.75. The van der Waals surface area contributed by atoms with Crippen LogP contribution in [-0.2, 0) is 6.42 Å². The fourth-order valence-electron chi connectivity index (χ4n) is 1.32. The second kappa shape index (κ2) is 3.80. The molecule has 0 saturated carbocycles. The number of rotatable bonds is 2.